The molecule has 0 fully saturated rings. The van der Waals surface area contributed by atoms with E-state index in [-0.39, 0.29) is 4.90 Å². The lowest BCUT2D eigenvalue weighted by atomic mass is 10.0. The predicted octanol–water partition coefficient (Wildman–Crippen LogP) is 5.17. The first-order valence-corrected chi connectivity index (χ1v) is 12.6. The zero-order chi connectivity index (χ0) is 24.0. The second-order valence-corrected chi connectivity index (χ2v) is 10.2. The van der Waals surface area contributed by atoms with E-state index in [0.717, 1.165) is 35.2 Å². The van der Waals surface area contributed by atoms with Crippen LogP contribution < -0.4 is 9.62 Å². The highest BCUT2D eigenvalue weighted by atomic mass is 32.2. The molecule has 0 spiro atoms. The summed E-state index contributed by atoms with van der Waals surface area (Å²) in [6.07, 6.45) is 6.09. The molecule has 33 heavy (non-hydrogen) atoms. The molecule has 0 radical (unpaired) electrons. The summed E-state index contributed by atoms with van der Waals surface area (Å²) in [7, 11) is -3.94. The summed E-state index contributed by atoms with van der Waals surface area (Å²) in [4.78, 5) is 15.5. The molecular formula is C27H32N2O3S. The molecule has 0 saturated carbocycles. The van der Waals surface area contributed by atoms with E-state index < -0.39 is 22.0 Å². The predicted molar refractivity (Wildman–Crippen MR) is 135 cm³/mol. The fraction of sp³-hybridized carbons (Fsp3) is 0.296. The third-order valence-corrected chi connectivity index (χ3v) is 7.40. The molecule has 2 aromatic carbocycles. The van der Waals surface area contributed by atoms with Crippen molar-refractivity contribution in [1.29, 1.82) is 0 Å². The van der Waals surface area contributed by atoms with Crippen LogP contribution in [0.2, 0.25) is 0 Å². The Kier molecular flexibility index (Phi) is 7.92. The zero-order valence-electron chi connectivity index (χ0n) is 19.5. The van der Waals surface area contributed by atoms with Crippen molar-refractivity contribution in [1.82, 2.24) is 4.72 Å². The van der Waals surface area contributed by atoms with Gasteiger partial charge in [0.1, 0.15) is 6.04 Å². The lowest BCUT2D eigenvalue weighted by Crippen LogP contribution is -2.49. The highest BCUT2D eigenvalue weighted by molar-refractivity contribution is 7.90. The van der Waals surface area contributed by atoms with Gasteiger partial charge in [0.15, 0.2) is 0 Å². The van der Waals surface area contributed by atoms with Crippen LogP contribution in [0.1, 0.15) is 39.2 Å². The number of benzene rings is 2. The molecule has 1 unspecified atom stereocenters. The first-order valence-electron chi connectivity index (χ1n) is 11.2. The smallest absolute Gasteiger partial charge is 0.264 e. The number of amides is 1. The monoisotopic (exact) mass is 464 g/mol. The van der Waals surface area contributed by atoms with E-state index in [2.05, 4.69) is 23.4 Å². The van der Waals surface area contributed by atoms with Crippen LogP contribution in [-0.4, -0.2) is 26.9 Å². The summed E-state index contributed by atoms with van der Waals surface area (Å²) in [6, 6.07) is 15.5. The van der Waals surface area contributed by atoms with Gasteiger partial charge in [-0.3, -0.25) is 4.79 Å². The number of carbonyl (C=O) groups is 1. The van der Waals surface area contributed by atoms with Crippen molar-refractivity contribution < 1.29 is 13.2 Å². The van der Waals surface area contributed by atoms with Crippen LogP contribution in [0.15, 0.2) is 94.9 Å². The third kappa shape index (κ3) is 6.02. The fourth-order valence-corrected chi connectivity index (χ4v) is 5.08. The third-order valence-electron chi connectivity index (χ3n) is 6.04. The minimum atomic E-state index is -3.94. The van der Waals surface area contributed by atoms with Crippen LogP contribution in [0.4, 0.5) is 5.69 Å². The molecule has 1 aliphatic rings. The van der Waals surface area contributed by atoms with E-state index in [0.29, 0.717) is 13.0 Å². The second kappa shape index (κ2) is 10.7. The topological polar surface area (TPSA) is 66.5 Å². The summed E-state index contributed by atoms with van der Waals surface area (Å²) in [5.41, 5.74) is 5.42. The van der Waals surface area contributed by atoms with E-state index in [1.54, 1.807) is 18.2 Å². The number of para-hydroxylation sites is 1. The Morgan fingerprint density at radius 3 is 2.45 bits per heavy atom. The fourth-order valence-electron chi connectivity index (χ4n) is 4.04. The van der Waals surface area contributed by atoms with Gasteiger partial charge in [0.05, 0.1) is 4.90 Å². The lowest BCUT2D eigenvalue weighted by molar-refractivity contribution is -0.120. The first-order chi connectivity index (χ1) is 15.7. The Labute approximate surface area is 197 Å². The van der Waals surface area contributed by atoms with Crippen LogP contribution in [-0.2, 0) is 21.2 Å². The number of hydrogen-bond acceptors (Lipinski definition) is 4. The van der Waals surface area contributed by atoms with E-state index in [1.807, 2.05) is 49.9 Å². The summed E-state index contributed by atoms with van der Waals surface area (Å²) in [5, 5.41) is 0. The Bertz CT molecular complexity index is 1180. The van der Waals surface area contributed by atoms with Gasteiger partial charge in [-0.1, -0.05) is 71.8 Å². The Morgan fingerprint density at radius 2 is 1.76 bits per heavy atom. The molecule has 0 aliphatic carbocycles. The molecular weight excluding hydrogens is 432 g/mol. The van der Waals surface area contributed by atoms with Crippen molar-refractivity contribution in [2.45, 2.75) is 51.0 Å². The van der Waals surface area contributed by atoms with Crippen molar-refractivity contribution in [3.8, 4) is 0 Å². The Morgan fingerprint density at radius 1 is 1.09 bits per heavy atom. The molecule has 1 N–H and O–H groups in total. The van der Waals surface area contributed by atoms with Crippen LogP contribution in [0.5, 0.6) is 0 Å². The van der Waals surface area contributed by atoms with Crippen LogP contribution >= 0.6 is 0 Å². The number of carbonyl (C=O) groups excluding carboxylic acids is 1. The summed E-state index contributed by atoms with van der Waals surface area (Å²) < 4.78 is 28.0. The molecule has 6 heteroatoms. The van der Waals surface area contributed by atoms with Gasteiger partial charge in [0.25, 0.3) is 15.9 Å². The number of nitrogens with zero attached hydrogens (tertiary/aromatic N) is 1. The van der Waals surface area contributed by atoms with Crippen molar-refractivity contribution in [2.75, 3.05) is 11.4 Å². The summed E-state index contributed by atoms with van der Waals surface area (Å²) in [5.74, 6) is -0.501. The molecule has 1 atom stereocenters. The normalized spacial score (nSPS) is 17.5. The Hall–Kier alpha value is -3.12. The molecule has 3 rings (SSSR count). The minimum Gasteiger partial charge on any atom is -0.355 e. The van der Waals surface area contributed by atoms with Gasteiger partial charge in [-0.25, -0.2) is 13.1 Å². The quantitative estimate of drug-likeness (QED) is 0.574. The molecule has 0 bridgehead atoms. The van der Waals surface area contributed by atoms with Gasteiger partial charge in [0, 0.05) is 12.2 Å². The number of fused-ring (bicyclic) bond motifs is 1. The van der Waals surface area contributed by atoms with Crippen LogP contribution in [0.25, 0.3) is 0 Å². The van der Waals surface area contributed by atoms with Crippen LogP contribution in [0, 0.1) is 0 Å². The average Bonchev–Trinajstić information content (AvgIpc) is 2.99. The number of rotatable bonds is 7. The molecule has 1 aliphatic heterocycles. The standard InChI is InChI=1S/C27H32N2O3S/c1-5-20(2)18-21(3)22(4)19-29-25-16-10-9-12-23(25)13-11-17-26(29)27(30)28-33(31,32)24-14-7-6-8-15-24/h5-10,12,14-16,18,26H,1,11,13,17,19H2,2-4H3,(H,28,30)/b20-18-,22-21+. The van der Waals surface area contributed by atoms with Crippen LogP contribution in [0.3, 0.4) is 0 Å². The van der Waals surface area contributed by atoms with Gasteiger partial charge >= 0.3 is 0 Å². The van der Waals surface area contributed by atoms with E-state index in [4.69, 9.17) is 0 Å². The van der Waals surface area contributed by atoms with Crippen molar-refractivity contribution in [2.24, 2.45) is 0 Å². The largest absolute Gasteiger partial charge is 0.355 e. The number of sulfonamides is 1. The summed E-state index contributed by atoms with van der Waals surface area (Å²) in [6.45, 7) is 10.4. The highest BCUT2D eigenvalue weighted by Gasteiger charge is 2.32. The van der Waals surface area contributed by atoms with Gasteiger partial charge in [-0.05, 0) is 63.8 Å². The Balaban J connectivity index is 1.97. The maximum Gasteiger partial charge on any atom is 0.264 e. The van der Waals surface area contributed by atoms with E-state index in [9.17, 15) is 13.2 Å². The van der Waals surface area contributed by atoms with Crippen molar-refractivity contribution in [3.05, 3.63) is 95.6 Å². The molecule has 1 heterocycles. The number of anilines is 1. The molecule has 5 nitrogen and oxygen atoms in total. The van der Waals surface area contributed by atoms with Crippen molar-refractivity contribution >= 4 is 21.6 Å². The van der Waals surface area contributed by atoms with Gasteiger partial charge in [-0.15, -0.1) is 0 Å². The maximum absolute atomic E-state index is 13.4. The SMILES string of the molecule is C=C/C(C)=C\C(C)=C(/C)CN1c2ccccc2CCCC1C(=O)NS(=O)(=O)c1ccccc1. The molecule has 0 saturated heterocycles. The number of hydrogen-bond donors (Lipinski definition) is 1. The number of aryl methyl sites for hydroxylation is 1. The zero-order valence-corrected chi connectivity index (χ0v) is 20.4. The van der Waals surface area contributed by atoms with Gasteiger partial charge < -0.3 is 4.90 Å². The van der Waals surface area contributed by atoms with E-state index >= 15 is 0 Å². The number of allylic oxidation sites excluding steroid dienone is 4. The molecule has 1 amide bonds. The molecule has 0 aromatic heterocycles. The van der Waals surface area contributed by atoms with Crippen molar-refractivity contribution in [3.63, 3.8) is 0 Å². The lowest BCUT2D eigenvalue weighted by Gasteiger charge is -2.33. The molecule has 174 valence electrons. The van der Waals surface area contributed by atoms with Gasteiger partial charge in [0.2, 0.25) is 0 Å². The second-order valence-electron chi connectivity index (χ2n) is 8.50. The highest BCUT2D eigenvalue weighted by Crippen LogP contribution is 2.31. The minimum absolute atomic E-state index is 0.0795. The first kappa shape index (κ1) is 24.5. The maximum atomic E-state index is 13.4. The molecule has 2 aromatic rings. The van der Waals surface area contributed by atoms with E-state index in [1.165, 1.54) is 17.7 Å². The number of nitrogens with one attached hydrogen (secondary N) is 1. The summed E-state index contributed by atoms with van der Waals surface area (Å²) >= 11 is 0. The average molecular weight is 465 g/mol. The van der Waals surface area contributed by atoms with Gasteiger partial charge in [-0.2, -0.15) is 0 Å².